The topological polar surface area (TPSA) is 86.1 Å². The normalized spacial score (nSPS) is 14.1. The summed E-state index contributed by atoms with van der Waals surface area (Å²) in [5.74, 6) is 1.08. The van der Waals surface area contributed by atoms with Gasteiger partial charge in [-0.3, -0.25) is 14.2 Å². The molecule has 1 aliphatic carbocycles. The Bertz CT molecular complexity index is 1150. The second kappa shape index (κ2) is 9.75. The van der Waals surface area contributed by atoms with E-state index in [1.54, 1.807) is 30.3 Å². The van der Waals surface area contributed by atoms with E-state index in [1.807, 2.05) is 25.1 Å². The standard InChI is InChI=1S/C23H23ClN4O3S/c1-14(29)16-6-5-7-17(12-16)25-22(30)15(2)32-23-27-26-21(28(23)18-10-11-18)13-31-20-9-4-3-8-19(20)24/h3-9,12,15,18H,10-11,13H2,1-2H3,(H,25,30)/t15-/m0/s1. The van der Waals surface area contributed by atoms with E-state index in [2.05, 4.69) is 20.1 Å². The molecule has 0 saturated heterocycles. The summed E-state index contributed by atoms with van der Waals surface area (Å²) in [6.45, 7) is 3.56. The molecule has 1 aliphatic rings. The average Bonchev–Trinajstić information content (AvgIpc) is 3.54. The maximum absolute atomic E-state index is 12.7. The van der Waals surface area contributed by atoms with Crippen LogP contribution >= 0.6 is 23.4 Å². The van der Waals surface area contributed by atoms with Gasteiger partial charge in [0.25, 0.3) is 0 Å². The van der Waals surface area contributed by atoms with Crippen molar-refractivity contribution in [2.24, 2.45) is 0 Å². The molecular formula is C23H23ClN4O3S. The fraction of sp³-hybridized carbons (Fsp3) is 0.304. The highest BCUT2D eigenvalue weighted by Gasteiger charge is 2.31. The molecule has 4 rings (SSSR count). The highest BCUT2D eigenvalue weighted by Crippen LogP contribution is 2.40. The van der Waals surface area contributed by atoms with Crippen molar-refractivity contribution in [1.29, 1.82) is 0 Å². The number of anilines is 1. The van der Waals surface area contributed by atoms with E-state index in [0.29, 0.717) is 39.0 Å². The summed E-state index contributed by atoms with van der Waals surface area (Å²) in [7, 11) is 0. The summed E-state index contributed by atoms with van der Waals surface area (Å²) < 4.78 is 7.90. The third-order valence-corrected chi connectivity index (χ3v) is 6.40. The first-order valence-electron chi connectivity index (χ1n) is 10.3. The van der Waals surface area contributed by atoms with Crippen LogP contribution in [0, 0.1) is 0 Å². The van der Waals surface area contributed by atoms with Gasteiger partial charge in [-0.1, -0.05) is 47.6 Å². The minimum absolute atomic E-state index is 0.0485. The molecule has 7 nitrogen and oxygen atoms in total. The molecule has 1 saturated carbocycles. The van der Waals surface area contributed by atoms with Crippen LogP contribution in [0.15, 0.2) is 53.7 Å². The number of nitrogens with zero attached hydrogens (tertiary/aromatic N) is 3. The lowest BCUT2D eigenvalue weighted by atomic mass is 10.1. The number of hydrogen-bond acceptors (Lipinski definition) is 6. The number of ether oxygens (including phenoxy) is 1. The zero-order chi connectivity index (χ0) is 22.7. The summed E-state index contributed by atoms with van der Waals surface area (Å²) >= 11 is 7.52. The van der Waals surface area contributed by atoms with Gasteiger partial charge in [-0.2, -0.15) is 0 Å². The molecule has 9 heteroatoms. The first-order chi connectivity index (χ1) is 15.4. The number of benzene rings is 2. The van der Waals surface area contributed by atoms with E-state index in [-0.39, 0.29) is 18.3 Å². The van der Waals surface area contributed by atoms with Gasteiger partial charge in [-0.05, 0) is 51.0 Å². The zero-order valence-electron chi connectivity index (χ0n) is 17.7. The van der Waals surface area contributed by atoms with Crippen molar-refractivity contribution in [3.05, 3.63) is 64.9 Å². The van der Waals surface area contributed by atoms with Crippen LogP contribution in [0.5, 0.6) is 5.75 Å². The molecule has 1 aromatic heterocycles. The lowest BCUT2D eigenvalue weighted by Crippen LogP contribution is -2.23. The van der Waals surface area contributed by atoms with Gasteiger partial charge in [0.1, 0.15) is 12.4 Å². The molecule has 1 fully saturated rings. The third-order valence-electron chi connectivity index (χ3n) is 5.03. The van der Waals surface area contributed by atoms with Crippen LogP contribution in [0.2, 0.25) is 5.02 Å². The van der Waals surface area contributed by atoms with Gasteiger partial charge in [0.2, 0.25) is 5.91 Å². The van der Waals surface area contributed by atoms with Gasteiger partial charge >= 0.3 is 0 Å². The van der Waals surface area contributed by atoms with Gasteiger partial charge in [0.05, 0.1) is 10.3 Å². The summed E-state index contributed by atoms with van der Waals surface area (Å²) in [4.78, 5) is 24.3. The van der Waals surface area contributed by atoms with E-state index in [4.69, 9.17) is 16.3 Å². The molecule has 1 atom stereocenters. The smallest absolute Gasteiger partial charge is 0.237 e. The highest BCUT2D eigenvalue weighted by molar-refractivity contribution is 8.00. The monoisotopic (exact) mass is 470 g/mol. The molecule has 0 unspecified atom stereocenters. The van der Waals surface area contributed by atoms with Crippen LogP contribution in [0.25, 0.3) is 0 Å². The molecule has 1 N–H and O–H groups in total. The van der Waals surface area contributed by atoms with Gasteiger partial charge in [0.15, 0.2) is 16.8 Å². The van der Waals surface area contributed by atoms with Crippen LogP contribution in [-0.4, -0.2) is 31.7 Å². The second-order valence-corrected chi connectivity index (χ2v) is 9.32. The van der Waals surface area contributed by atoms with Crippen LogP contribution in [0.1, 0.15) is 48.9 Å². The summed E-state index contributed by atoms with van der Waals surface area (Å²) in [6.07, 6.45) is 2.09. The number of rotatable bonds is 9. The van der Waals surface area contributed by atoms with Crippen molar-refractivity contribution in [3.63, 3.8) is 0 Å². The molecule has 0 radical (unpaired) electrons. The van der Waals surface area contributed by atoms with Crippen molar-refractivity contribution in [2.45, 2.75) is 49.7 Å². The third kappa shape index (κ3) is 5.31. The van der Waals surface area contributed by atoms with E-state index in [0.717, 1.165) is 12.8 Å². The lowest BCUT2D eigenvalue weighted by Gasteiger charge is -2.14. The Morgan fingerprint density at radius 2 is 2.00 bits per heavy atom. The quantitative estimate of drug-likeness (QED) is 0.343. The maximum Gasteiger partial charge on any atom is 0.237 e. The summed E-state index contributed by atoms with van der Waals surface area (Å²) in [5.41, 5.74) is 1.15. The summed E-state index contributed by atoms with van der Waals surface area (Å²) in [6, 6.07) is 14.5. The van der Waals surface area contributed by atoms with Crippen molar-refractivity contribution in [1.82, 2.24) is 14.8 Å². The van der Waals surface area contributed by atoms with Gasteiger partial charge in [0, 0.05) is 17.3 Å². The molecule has 1 heterocycles. The zero-order valence-corrected chi connectivity index (χ0v) is 19.3. The first-order valence-corrected chi connectivity index (χ1v) is 11.6. The Labute approximate surface area is 195 Å². The van der Waals surface area contributed by atoms with Crippen molar-refractivity contribution in [3.8, 4) is 5.75 Å². The molecule has 0 bridgehead atoms. The van der Waals surface area contributed by atoms with Gasteiger partial charge in [-0.25, -0.2) is 0 Å². The summed E-state index contributed by atoms with van der Waals surface area (Å²) in [5, 5.41) is 12.3. The van der Waals surface area contributed by atoms with E-state index >= 15 is 0 Å². The molecule has 0 spiro atoms. The number of carbonyl (C=O) groups is 2. The Hall–Kier alpha value is -2.84. The largest absolute Gasteiger partial charge is 0.484 e. The van der Waals surface area contributed by atoms with E-state index in [9.17, 15) is 9.59 Å². The number of ketones is 1. The van der Waals surface area contributed by atoms with Crippen LogP contribution < -0.4 is 10.1 Å². The van der Waals surface area contributed by atoms with Crippen molar-refractivity contribution >= 4 is 40.7 Å². The Morgan fingerprint density at radius 1 is 1.22 bits per heavy atom. The number of Topliss-reactive ketones (excluding diaryl/α,β-unsaturated/α-hetero) is 1. The molecular weight excluding hydrogens is 448 g/mol. The lowest BCUT2D eigenvalue weighted by molar-refractivity contribution is -0.115. The minimum Gasteiger partial charge on any atom is -0.484 e. The Morgan fingerprint density at radius 3 is 2.72 bits per heavy atom. The fourth-order valence-corrected chi connectivity index (χ4v) is 4.29. The molecule has 166 valence electrons. The number of nitrogens with one attached hydrogen (secondary N) is 1. The Kier molecular flexibility index (Phi) is 6.81. The number of aromatic nitrogens is 3. The van der Waals surface area contributed by atoms with E-state index < -0.39 is 5.25 Å². The average molecular weight is 471 g/mol. The first kappa shape index (κ1) is 22.4. The minimum atomic E-state index is -0.407. The fourth-order valence-electron chi connectivity index (χ4n) is 3.16. The number of para-hydroxylation sites is 1. The molecule has 2 aromatic carbocycles. The van der Waals surface area contributed by atoms with Crippen LogP contribution in [0.3, 0.4) is 0 Å². The van der Waals surface area contributed by atoms with Crippen LogP contribution in [0.4, 0.5) is 5.69 Å². The molecule has 3 aromatic rings. The van der Waals surface area contributed by atoms with Crippen molar-refractivity contribution in [2.75, 3.05) is 5.32 Å². The number of thioether (sulfide) groups is 1. The second-order valence-electron chi connectivity index (χ2n) is 7.61. The Balaban J connectivity index is 1.43. The van der Waals surface area contributed by atoms with E-state index in [1.165, 1.54) is 18.7 Å². The van der Waals surface area contributed by atoms with Gasteiger partial charge in [-0.15, -0.1) is 10.2 Å². The number of halogens is 1. The molecule has 1 amide bonds. The predicted octanol–water partition coefficient (Wildman–Crippen LogP) is 5.17. The molecule has 32 heavy (non-hydrogen) atoms. The number of hydrogen-bond donors (Lipinski definition) is 1. The van der Waals surface area contributed by atoms with Crippen LogP contribution in [-0.2, 0) is 11.4 Å². The number of amides is 1. The van der Waals surface area contributed by atoms with Crippen molar-refractivity contribution < 1.29 is 14.3 Å². The SMILES string of the molecule is CC(=O)c1cccc(NC(=O)[C@H](C)Sc2nnc(COc3ccccc3Cl)n2C2CC2)c1. The van der Waals surface area contributed by atoms with Gasteiger partial charge < -0.3 is 10.1 Å². The highest BCUT2D eigenvalue weighted by atomic mass is 35.5. The molecule has 0 aliphatic heterocycles. The predicted molar refractivity (Wildman–Crippen MR) is 124 cm³/mol. The number of carbonyl (C=O) groups excluding carboxylic acids is 2. The maximum atomic E-state index is 12.7.